The average Bonchev–Trinajstić information content (AvgIpc) is 3.47. The Balaban J connectivity index is 1.70. The van der Waals surface area contributed by atoms with Crippen molar-refractivity contribution in [2.24, 2.45) is 0 Å². The molecule has 1 atom stereocenters. The fraction of sp³-hybridized carbons (Fsp3) is 0.242. The number of benzene rings is 3. The summed E-state index contributed by atoms with van der Waals surface area (Å²) >= 11 is 13.2. The van der Waals surface area contributed by atoms with E-state index in [9.17, 15) is 9.59 Å². The van der Waals surface area contributed by atoms with E-state index in [1.54, 1.807) is 21.8 Å². The molecule has 1 aliphatic rings. The number of furan rings is 1. The monoisotopic (exact) mass is 600 g/mol. The molecule has 1 aliphatic heterocycles. The summed E-state index contributed by atoms with van der Waals surface area (Å²) in [6.45, 7) is 11.3. The van der Waals surface area contributed by atoms with Crippen LogP contribution in [0.2, 0.25) is 10.0 Å². The molecule has 0 saturated carbocycles. The second-order valence-electron chi connectivity index (χ2n) is 10.9. The number of anilines is 1. The molecule has 0 unspecified atom stereocenters. The van der Waals surface area contributed by atoms with Gasteiger partial charge in [0.2, 0.25) is 5.91 Å². The molecule has 0 bridgehead atoms. The van der Waals surface area contributed by atoms with E-state index in [0.717, 1.165) is 27.8 Å². The summed E-state index contributed by atoms with van der Waals surface area (Å²) in [6, 6.07) is 17.1. The largest absolute Gasteiger partial charge is 0.463 e. The van der Waals surface area contributed by atoms with Gasteiger partial charge in [0.05, 0.1) is 32.9 Å². The van der Waals surface area contributed by atoms with Crippen LogP contribution >= 0.6 is 23.2 Å². The Hall–Kier alpha value is -4.07. The first kappa shape index (κ1) is 28.1. The third-order valence-corrected chi connectivity index (χ3v) is 8.82. The van der Waals surface area contributed by atoms with Crippen LogP contribution in [0.3, 0.4) is 0 Å². The Kier molecular flexibility index (Phi) is 7.33. The number of carbonyl (C=O) groups is 1. The van der Waals surface area contributed by atoms with E-state index in [2.05, 4.69) is 25.3 Å². The van der Waals surface area contributed by atoms with Crippen LogP contribution in [0.15, 0.2) is 82.7 Å². The van der Waals surface area contributed by atoms with Gasteiger partial charge in [0.15, 0.2) is 0 Å². The Morgan fingerprint density at radius 3 is 2.62 bits per heavy atom. The van der Waals surface area contributed by atoms with Crippen molar-refractivity contribution >= 4 is 56.8 Å². The molecule has 3 heterocycles. The standard InChI is InChI=1S/C33H30Cl2N4O3/c1-5-28(40)37-14-15-38(20(4)18-37)32-29-27(39(33(41)36-32)26-12-7-6-9-21(26)19(2)3)17-24(23-13-16-42-31(23)29)22-10-8-11-25(34)30(22)35/h5-13,16-17,19-20H,1,14-15,18H2,2-4H3/t20-/m0/s1. The summed E-state index contributed by atoms with van der Waals surface area (Å²) < 4.78 is 7.85. The second-order valence-corrected chi connectivity index (χ2v) is 11.7. The molecule has 5 aromatic rings. The molecule has 2 aromatic heterocycles. The lowest BCUT2D eigenvalue weighted by Gasteiger charge is -2.40. The number of halogens is 2. The Morgan fingerprint density at radius 1 is 1.10 bits per heavy atom. The first-order valence-corrected chi connectivity index (χ1v) is 14.7. The van der Waals surface area contributed by atoms with Gasteiger partial charge in [0.1, 0.15) is 11.4 Å². The van der Waals surface area contributed by atoms with Crippen LogP contribution in [0.4, 0.5) is 5.82 Å². The van der Waals surface area contributed by atoms with Gasteiger partial charge in [-0.3, -0.25) is 9.36 Å². The maximum Gasteiger partial charge on any atom is 0.354 e. The van der Waals surface area contributed by atoms with Gasteiger partial charge in [0.25, 0.3) is 0 Å². The van der Waals surface area contributed by atoms with Gasteiger partial charge >= 0.3 is 5.69 Å². The van der Waals surface area contributed by atoms with Crippen LogP contribution in [0.1, 0.15) is 32.3 Å². The highest BCUT2D eigenvalue weighted by Gasteiger charge is 2.31. The van der Waals surface area contributed by atoms with E-state index in [1.165, 1.54) is 6.08 Å². The molecule has 0 spiro atoms. The molecule has 0 N–H and O–H groups in total. The Bertz CT molecular complexity index is 1930. The smallest absolute Gasteiger partial charge is 0.354 e. The van der Waals surface area contributed by atoms with E-state index in [-0.39, 0.29) is 17.9 Å². The first-order chi connectivity index (χ1) is 20.2. The molecule has 7 nitrogen and oxygen atoms in total. The zero-order chi connectivity index (χ0) is 29.7. The Labute approximate surface area is 253 Å². The lowest BCUT2D eigenvalue weighted by atomic mass is 9.97. The second kappa shape index (κ2) is 11.0. The first-order valence-electron chi connectivity index (χ1n) is 13.9. The summed E-state index contributed by atoms with van der Waals surface area (Å²) in [5.41, 5.74) is 4.12. The fourth-order valence-corrected chi connectivity index (χ4v) is 6.37. The van der Waals surface area contributed by atoms with Crippen LogP contribution in [0.25, 0.3) is 38.7 Å². The zero-order valence-corrected chi connectivity index (χ0v) is 25.1. The topological polar surface area (TPSA) is 71.6 Å². The molecular formula is C33H30Cl2N4O3. The third kappa shape index (κ3) is 4.57. The highest BCUT2D eigenvalue weighted by atomic mass is 35.5. The normalized spacial score (nSPS) is 15.6. The van der Waals surface area contributed by atoms with E-state index >= 15 is 0 Å². The number of nitrogens with zero attached hydrogens (tertiary/aromatic N) is 4. The number of aromatic nitrogens is 2. The van der Waals surface area contributed by atoms with E-state index < -0.39 is 5.69 Å². The Morgan fingerprint density at radius 2 is 1.88 bits per heavy atom. The van der Waals surface area contributed by atoms with Crippen LogP contribution in [-0.2, 0) is 4.79 Å². The predicted molar refractivity (Wildman–Crippen MR) is 170 cm³/mol. The maximum atomic E-state index is 14.1. The minimum absolute atomic E-state index is 0.108. The molecule has 6 rings (SSSR count). The molecule has 0 aliphatic carbocycles. The van der Waals surface area contributed by atoms with E-state index in [1.807, 2.05) is 55.5 Å². The van der Waals surface area contributed by atoms with Crippen molar-refractivity contribution in [1.82, 2.24) is 14.5 Å². The minimum Gasteiger partial charge on any atom is -0.463 e. The van der Waals surface area contributed by atoms with Crippen molar-refractivity contribution in [1.29, 1.82) is 0 Å². The molecule has 1 amide bonds. The molecule has 1 saturated heterocycles. The van der Waals surface area contributed by atoms with Gasteiger partial charge in [0, 0.05) is 36.6 Å². The molecule has 9 heteroatoms. The summed E-state index contributed by atoms with van der Waals surface area (Å²) in [5.74, 6) is 0.569. The highest BCUT2D eigenvalue weighted by molar-refractivity contribution is 6.44. The lowest BCUT2D eigenvalue weighted by Crippen LogP contribution is -2.54. The van der Waals surface area contributed by atoms with Crippen molar-refractivity contribution < 1.29 is 9.21 Å². The predicted octanol–water partition coefficient (Wildman–Crippen LogP) is 7.45. The summed E-state index contributed by atoms with van der Waals surface area (Å²) in [6.07, 6.45) is 2.97. The van der Waals surface area contributed by atoms with Crippen molar-refractivity contribution in [3.8, 4) is 16.8 Å². The zero-order valence-electron chi connectivity index (χ0n) is 23.6. The van der Waals surface area contributed by atoms with Crippen LogP contribution in [0, 0.1) is 0 Å². The number of amides is 1. The van der Waals surface area contributed by atoms with Crippen LogP contribution in [-0.4, -0.2) is 46.0 Å². The number of carbonyl (C=O) groups excluding carboxylic acids is 1. The maximum absolute atomic E-state index is 14.1. The molecule has 1 fully saturated rings. The highest BCUT2D eigenvalue weighted by Crippen LogP contribution is 2.43. The SMILES string of the molecule is C=CC(=O)N1CCN(c2nc(=O)n(-c3ccccc3C(C)C)c3cc(-c4cccc(Cl)c4Cl)c4ccoc4c23)[C@@H](C)C1. The van der Waals surface area contributed by atoms with Gasteiger partial charge in [-0.2, -0.15) is 4.98 Å². The van der Waals surface area contributed by atoms with Crippen LogP contribution < -0.4 is 10.6 Å². The van der Waals surface area contributed by atoms with Gasteiger partial charge in [-0.1, -0.05) is 74.0 Å². The summed E-state index contributed by atoms with van der Waals surface area (Å²) in [5, 5.41) is 2.39. The number of rotatable bonds is 5. The van der Waals surface area contributed by atoms with Crippen molar-refractivity contribution in [3.63, 3.8) is 0 Å². The van der Waals surface area contributed by atoms with E-state index in [4.69, 9.17) is 32.6 Å². The summed E-state index contributed by atoms with van der Waals surface area (Å²) in [4.78, 5) is 35.0. The molecule has 42 heavy (non-hydrogen) atoms. The van der Waals surface area contributed by atoms with Crippen molar-refractivity contribution in [2.45, 2.75) is 32.7 Å². The number of para-hydroxylation sites is 1. The molecule has 0 radical (unpaired) electrons. The third-order valence-electron chi connectivity index (χ3n) is 8.00. The van der Waals surface area contributed by atoms with Gasteiger partial charge < -0.3 is 14.2 Å². The molecule has 214 valence electrons. The number of hydrogen-bond donors (Lipinski definition) is 0. The van der Waals surface area contributed by atoms with E-state index in [0.29, 0.717) is 52.0 Å². The quantitative estimate of drug-likeness (QED) is 0.196. The molecule has 3 aromatic carbocycles. The number of piperazine rings is 1. The van der Waals surface area contributed by atoms with Crippen LogP contribution in [0.5, 0.6) is 0 Å². The summed E-state index contributed by atoms with van der Waals surface area (Å²) in [7, 11) is 0. The van der Waals surface area contributed by atoms with Crippen molar-refractivity contribution in [3.05, 3.63) is 99.6 Å². The minimum atomic E-state index is -0.406. The van der Waals surface area contributed by atoms with Gasteiger partial charge in [-0.25, -0.2) is 4.79 Å². The van der Waals surface area contributed by atoms with Gasteiger partial charge in [-0.05, 0) is 54.3 Å². The average molecular weight is 602 g/mol. The fourth-order valence-electron chi connectivity index (χ4n) is 5.97. The lowest BCUT2D eigenvalue weighted by molar-refractivity contribution is -0.126. The van der Waals surface area contributed by atoms with Gasteiger partial charge in [-0.15, -0.1) is 0 Å². The number of hydrogen-bond acceptors (Lipinski definition) is 5. The number of fused-ring (bicyclic) bond motifs is 3. The van der Waals surface area contributed by atoms with Crippen molar-refractivity contribution in [2.75, 3.05) is 24.5 Å². The molecular weight excluding hydrogens is 571 g/mol.